The zero-order valence-electron chi connectivity index (χ0n) is 18.5. The Morgan fingerprint density at radius 1 is 1.24 bits per heavy atom. The van der Waals surface area contributed by atoms with E-state index in [9.17, 15) is 13.2 Å². The summed E-state index contributed by atoms with van der Waals surface area (Å²) in [6.07, 6.45) is 10.6. The van der Waals surface area contributed by atoms with Crippen LogP contribution >= 0.6 is 11.3 Å². The molecule has 1 aliphatic rings. The first kappa shape index (κ1) is 22.5. The van der Waals surface area contributed by atoms with E-state index in [1.54, 1.807) is 55.0 Å². The third-order valence-corrected chi connectivity index (χ3v) is 8.36. The van der Waals surface area contributed by atoms with Crippen LogP contribution in [0.5, 0.6) is 0 Å². The lowest BCUT2D eigenvalue weighted by molar-refractivity contribution is 0.0526. The van der Waals surface area contributed by atoms with E-state index in [4.69, 9.17) is 4.74 Å². The van der Waals surface area contributed by atoms with Gasteiger partial charge in [0.05, 0.1) is 17.2 Å². The molecular weight excluding hydrogens is 470 g/mol. The first-order valence-corrected chi connectivity index (χ1v) is 13.4. The molecule has 0 bridgehead atoms. The lowest BCUT2D eigenvalue weighted by atomic mass is 9.87. The predicted molar refractivity (Wildman–Crippen MR) is 132 cm³/mol. The Morgan fingerprint density at radius 2 is 2.06 bits per heavy atom. The number of ether oxygens (including phenoxy) is 1. The highest BCUT2D eigenvalue weighted by Gasteiger charge is 2.27. The van der Waals surface area contributed by atoms with Crippen molar-refractivity contribution in [2.45, 2.75) is 37.0 Å². The van der Waals surface area contributed by atoms with Gasteiger partial charge in [-0.05, 0) is 49.9 Å². The maximum absolute atomic E-state index is 13.6. The second-order valence-electron chi connectivity index (χ2n) is 7.98. The van der Waals surface area contributed by atoms with Gasteiger partial charge >= 0.3 is 5.97 Å². The van der Waals surface area contributed by atoms with Crippen molar-refractivity contribution in [1.29, 1.82) is 0 Å². The van der Waals surface area contributed by atoms with Crippen molar-refractivity contribution in [3.63, 3.8) is 0 Å². The monoisotopic (exact) mass is 493 g/mol. The largest absolute Gasteiger partial charge is 0.461 e. The highest BCUT2D eigenvalue weighted by molar-refractivity contribution is 7.90. The number of pyridine rings is 1. The summed E-state index contributed by atoms with van der Waals surface area (Å²) in [5.74, 6) is -0.343. The van der Waals surface area contributed by atoms with E-state index in [1.165, 1.54) is 15.3 Å². The summed E-state index contributed by atoms with van der Waals surface area (Å²) in [7, 11) is -3.90. The number of fused-ring (bicyclic) bond motifs is 1. The molecule has 5 rings (SSSR count). The molecule has 0 spiro atoms. The van der Waals surface area contributed by atoms with Crippen molar-refractivity contribution in [3.8, 4) is 11.3 Å². The summed E-state index contributed by atoms with van der Waals surface area (Å²) >= 11 is 1.18. The molecule has 3 aromatic heterocycles. The maximum Gasteiger partial charge on any atom is 0.367 e. The van der Waals surface area contributed by atoms with E-state index in [0.717, 1.165) is 30.2 Å². The SMILES string of the molecule is CCOC(=O)c1nc(-c2cn(S(=O)(=O)c3ccccc3)c3nccc(C4C=CCCC4)c23)cs1. The standard InChI is InChI=1S/C25H23N3O4S2/c1-2-32-25(29)24-27-21(16-33-24)20-15-28(34(30,31)18-11-7-4-8-12-18)23-22(20)19(13-14-26-23)17-9-5-3-6-10-17/h4-5,7-9,11-17H,2-3,6,10H2,1H3. The van der Waals surface area contributed by atoms with Crippen LogP contribution in [0, 0.1) is 0 Å². The lowest BCUT2D eigenvalue weighted by Gasteiger charge is -2.18. The summed E-state index contributed by atoms with van der Waals surface area (Å²) in [6.45, 7) is 1.99. The average Bonchev–Trinajstić information content (AvgIpc) is 3.51. The Morgan fingerprint density at radius 3 is 2.79 bits per heavy atom. The second-order valence-corrected chi connectivity index (χ2v) is 10.7. The summed E-state index contributed by atoms with van der Waals surface area (Å²) in [6, 6.07) is 10.2. The number of allylic oxidation sites excluding steroid dienone is 2. The van der Waals surface area contributed by atoms with Crippen LogP contribution in [0.3, 0.4) is 0 Å². The van der Waals surface area contributed by atoms with Gasteiger partial charge in [-0.2, -0.15) is 0 Å². The second kappa shape index (κ2) is 9.15. The first-order valence-electron chi connectivity index (χ1n) is 11.1. The van der Waals surface area contributed by atoms with Gasteiger partial charge in [0.1, 0.15) is 0 Å². The average molecular weight is 494 g/mol. The maximum atomic E-state index is 13.6. The summed E-state index contributed by atoms with van der Waals surface area (Å²) in [5.41, 5.74) is 2.50. The van der Waals surface area contributed by atoms with E-state index in [0.29, 0.717) is 16.9 Å². The highest BCUT2D eigenvalue weighted by atomic mass is 32.2. The van der Waals surface area contributed by atoms with Crippen LogP contribution in [0.25, 0.3) is 22.3 Å². The topological polar surface area (TPSA) is 91.1 Å². The molecule has 34 heavy (non-hydrogen) atoms. The van der Waals surface area contributed by atoms with Gasteiger partial charge in [0.2, 0.25) is 5.01 Å². The van der Waals surface area contributed by atoms with Crippen LogP contribution in [0.4, 0.5) is 0 Å². The van der Waals surface area contributed by atoms with Gasteiger partial charge in [-0.3, -0.25) is 0 Å². The summed E-state index contributed by atoms with van der Waals surface area (Å²) < 4.78 is 33.5. The van der Waals surface area contributed by atoms with E-state index in [-0.39, 0.29) is 22.4 Å². The van der Waals surface area contributed by atoms with E-state index in [1.807, 2.05) is 6.07 Å². The van der Waals surface area contributed by atoms with Crippen molar-refractivity contribution in [3.05, 3.63) is 76.9 Å². The molecule has 1 unspecified atom stereocenters. The fraction of sp³-hybridized carbons (Fsp3) is 0.240. The fourth-order valence-corrected chi connectivity index (χ4v) is 6.35. The molecule has 0 radical (unpaired) electrons. The molecule has 0 aliphatic heterocycles. The number of carbonyl (C=O) groups excluding carboxylic acids is 1. The fourth-order valence-electron chi connectivity index (χ4n) is 4.30. The van der Waals surface area contributed by atoms with Gasteiger partial charge in [-0.15, -0.1) is 11.3 Å². The zero-order valence-corrected chi connectivity index (χ0v) is 20.2. The van der Waals surface area contributed by atoms with Gasteiger partial charge in [0.15, 0.2) is 5.65 Å². The molecule has 7 nitrogen and oxygen atoms in total. The van der Waals surface area contributed by atoms with Crippen molar-refractivity contribution in [2.24, 2.45) is 0 Å². The normalized spacial score (nSPS) is 16.1. The molecule has 9 heteroatoms. The minimum atomic E-state index is -3.90. The summed E-state index contributed by atoms with van der Waals surface area (Å²) in [5, 5.41) is 2.72. The molecule has 4 aromatic rings. The minimum Gasteiger partial charge on any atom is -0.461 e. The number of esters is 1. The van der Waals surface area contributed by atoms with Gasteiger partial charge in [0.25, 0.3) is 10.0 Å². The van der Waals surface area contributed by atoms with Crippen LogP contribution in [0.15, 0.2) is 71.2 Å². The number of thiazole rings is 1. The minimum absolute atomic E-state index is 0.149. The number of aromatic nitrogens is 3. The quantitative estimate of drug-likeness (QED) is 0.264. The third-order valence-electron chi connectivity index (χ3n) is 5.87. The van der Waals surface area contributed by atoms with Gasteiger partial charge < -0.3 is 4.74 Å². The number of hydrogen-bond acceptors (Lipinski definition) is 7. The van der Waals surface area contributed by atoms with E-state index in [2.05, 4.69) is 22.1 Å². The predicted octanol–water partition coefficient (Wildman–Crippen LogP) is 5.40. The van der Waals surface area contributed by atoms with Crippen LogP contribution < -0.4 is 0 Å². The first-order chi connectivity index (χ1) is 16.5. The van der Waals surface area contributed by atoms with Crippen molar-refractivity contribution in [2.75, 3.05) is 6.61 Å². The van der Waals surface area contributed by atoms with Gasteiger partial charge in [-0.25, -0.2) is 27.2 Å². The van der Waals surface area contributed by atoms with Gasteiger partial charge in [-0.1, -0.05) is 30.4 Å². The van der Waals surface area contributed by atoms with Crippen molar-refractivity contribution >= 4 is 38.4 Å². The van der Waals surface area contributed by atoms with Crippen LogP contribution in [0.2, 0.25) is 0 Å². The van der Waals surface area contributed by atoms with Crippen LogP contribution in [0.1, 0.15) is 47.5 Å². The zero-order chi connectivity index (χ0) is 23.7. The molecule has 0 saturated carbocycles. The lowest BCUT2D eigenvalue weighted by Crippen LogP contribution is -2.12. The smallest absolute Gasteiger partial charge is 0.367 e. The molecule has 0 saturated heterocycles. The Bertz CT molecular complexity index is 1490. The number of carbonyl (C=O) groups is 1. The molecule has 1 aromatic carbocycles. The van der Waals surface area contributed by atoms with Crippen LogP contribution in [-0.2, 0) is 14.8 Å². The van der Waals surface area contributed by atoms with E-state index < -0.39 is 16.0 Å². The Labute approximate surface area is 201 Å². The number of benzene rings is 1. The highest BCUT2D eigenvalue weighted by Crippen LogP contribution is 2.39. The number of hydrogen-bond donors (Lipinski definition) is 0. The molecular formula is C25H23N3O4S2. The molecule has 0 amide bonds. The molecule has 1 aliphatic carbocycles. The number of nitrogens with zero attached hydrogens (tertiary/aromatic N) is 3. The Hall–Kier alpha value is -3.30. The molecule has 0 N–H and O–H groups in total. The van der Waals surface area contributed by atoms with Crippen molar-refractivity contribution in [1.82, 2.24) is 13.9 Å². The van der Waals surface area contributed by atoms with Crippen molar-refractivity contribution < 1.29 is 17.9 Å². The molecule has 1 atom stereocenters. The van der Waals surface area contributed by atoms with Gasteiger partial charge in [0, 0.05) is 34.6 Å². The third kappa shape index (κ3) is 3.95. The number of rotatable bonds is 6. The van der Waals surface area contributed by atoms with Crippen LogP contribution in [-0.4, -0.2) is 34.9 Å². The summed E-state index contributed by atoms with van der Waals surface area (Å²) in [4.78, 5) is 21.4. The Kier molecular flexibility index (Phi) is 6.05. The molecule has 3 heterocycles. The van der Waals surface area contributed by atoms with E-state index >= 15 is 0 Å². The molecule has 0 fully saturated rings. The molecule has 174 valence electrons. The Balaban J connectivity index is 1.75.